The maximum absolute atomic E-state index is 10.9. The summed E-state index contributed by atoms with van der Waals surface area (Å²) in [4.78, 5) is 21.8. The monoisotopic (exact) mass is 210 g/mol. The van der Waals surface area contributed by atoms with Crippen LogP contribution in [0.25, 0.3) is 0 Å². The fourth-order valence-corrected chi connectivity index (χ4v) is 1.02. The summed E-state index contributed by atoms with van der Waals surface area (Å²) in [5, 5.41) is 16.1. The Morgan fingerprint density at radius 1 is 1.13 bits per heavy atom. The van der Waals surface area contributed by atoms with Gasteiger partial charge >= 0.3 is 11.9 Å². The molecule has 15 heavy (non-hydrogen) atoms. The Hall–Kier alpha value is -2.08. The number of hydrogen-bond acceptors (Lipinski definition) is 6. The number of rotatable bonds is 5. The Labute approximate surface area is 87.0 Å². The van der Waals surface area contributed by atoms with Crippen LogP contribution in [0.4, 0.5) is 0 Å². The second-order valence-corrected chi connectivity index (χ2v) is 2.81. The first-order valence-corrected chi connectivity index (χ1v) is 4.31. The van der Waals surface area contributed by atoms with Crippen molar-refractivity contribution in [1.82, 2.24) is 0 Å². The highest BCUT2D eigenvalue weighted by Crippen LogP contribution is 2.14. The average molecular weight is 210 g/mol. The smallest absolute Gasteiger partial charge is 0.321 e. The Morgan fingerprint density at radius 3 is 1.80 bits per heavy atom. The molecule has 0 aromatic rings. The third kappa shape index (κ3) is 6.05. The quantitative estimate of drug-likeness (QED) is 0.492. The van der Waals surface area contributed by atoms with Gasteiger partial charge in [0.05, 0.1) is 12.8 Å². The van der Waals surface area contributed by atoms with Crippen LogP contribution in [0.1, 0.15) is 26.2 Å². The molecule has 0 aliphatic heterocycles. The molecule has 0 bridgehead atoms. The second-order valence-electron chi connectivity index (χ2n) is 2.81. The molecule has 0 spiro atoms. The largest absolute Gasteiger partial charge is 0.351 e. The summed E-state index contributed by atoms with van der Waals surface area (Å²) >= 11 is 0. The molecule has 0 radical (unpaired) electrons. The highest BCUT2D eigenvalue weighted by Gasteiger charge is 2.18. The minimum Gasteiger partial charge on any atom is -0.351 e. The molecular weight excluding hydrogens is 200 g/mol. The molecule has 0 aromatic heterocycles. The molecule has 0 atom stereocenters. The van der Waals surface area contributed by atoms with E-state index in [0.29, 0.717) is 6.42 Å². The van der Waals surface area contributed by atoms with Gasteiger partial charge in [0.15, 0.2) is 0 Å². The Morgan fingerprint density at radius 2 is 1.53 bits per heavy atom. The zero-order chi connectivity index (χ0) is 11.7. The van der Waals surface area contributed by atoms with E-state index >= 15 is 0 Å². The Bertz CT molecular complexity index is 283. The average Bonchev–Trinajstić information content (AvgIpc) is 2.17. The van der Waals surface area contributed by atoms with Gasteiger partial charge in [-0.15, -0.1) is 10.5 Å². The second kappa shape index (κ2) is 7.34. The van der Waals surface area contributed by atoms with E-state index in [2.05, 4.69) is 9.47 Å². The van der Waals surface area contributed by atoms with Crippen molar-refractivity contribution in [2.45, 2.75) is 26.2 Å². The van der Waals surface area contributed by atoms with Gasteiger partial charge in [-0.2, -0.15) is 0 Å². The lowest BCUT2D eigenvalue weighted by molar-refractivity contribution is -0.140. The number of ether oxygens (including phenoxy) is 2. The van der Waals surface area contributed by atoms with Gasteiger partial charge < -0.3 is 9.47 Å². The van der Waals surface area contributed by atoms with E-state index in [9.17, 15) is 9.59 Å². The Kier molecular flexibility index (Phi) is 6.32. The van der Waals surface area contributed by atoms with Crippen LogP contribution in [0.5, 0.6) is 0 Å². The SMILES string of the molecule is CCC(CC(=O)OC#N)CC(=O)OC#N. The van der Waals surface area contributed by atoms with E-state index in [1.807, 2.05) is 0 Å². The molecule has 0 aliphatic rings. The third-order valence-corrected chi connectivity index (χ3v) is 1.81. The first kappa shape index (κ1) is 12.9. The minimum atomic E-state index is -0.686. The molecule has 0 unspecified atom stereocenters. The molecule has 0 saturated carbocycles. The molecule has 0 aliphatic carbocycles. The summed E-state index contributed by atoms with van der Waals surface area (Å²) in [6.45, 7) is 1.78. The summed E-state index contributed by atoms with van der Waals surface area (Å²) in [7, 11) is 0. The lowest BCUT2D eigenvalue weighted by atomic mass is 9.99. The van der Waals surface area contributed by atoms with E-state index in [1.165, 1.54) is 12.5 Å². The number of hydrogen-bond donors (Lipinski definition) is 0. The van der Waals surface area contributed by atoms with Crippen molar-refractivity contribution >= 4 is 11.9 Å². The van der Waals surface area contributed by atoms with Crippen molar-refractivity contribution < 1.29 is 19.1 Å². The van der Waals surface area contributed by atoms with Gasteiger partial charge in [0.1, 0.15) is 0 Å². The zero-order valence-electron chi connectivity index (χ0n) is 8.23. The van der Waals surface area contributed by atoms with Gasteiger partial charge in [0, 0.05) is 0 Å². The summed E-state index contributed by atoms with van der Waals surface area (Å²) in [6, 6.07) is 0. The highest BCUT2D eigenvalue weighted by molar-refractivity contribution is 5.74. The minimum absolute atomic E-state index is 0.0371. The summed E-state index contributed by atoms with van der Waals surface area (Å²) in [5.74, 6) is -1.64. The molecule has 0 heterocycles. The van der Waals surface area contributed by atoms with Crippen LogP contribution in [0.2, 0.25) is 0 Å². The third-order valence-electron chi connectivity index (χ3n) is 1.81. The fraction of sp³-hybridized carbons (Fsp3) is 0.556. The van der Waals surface area contributed by atoms with Gasteiger partial charge in [-0.05, 0) is 5.92 Å². The number of nitriles is 2. The maximum Gasteiger partial charge on any atom is 0.321 e. The van der Waals surface area contributed by atoms with Crippen molar-refractivity contribution in [3.05, 3.63) is 0 Å². The zero-order valence-corrected chi connectivity index (χ0v) is 8.23. The first-order chi connectivity index (χ1) is 7.13. The van der Waals surface area contributed by atoms with Crippen molar-refractivity contribution in [2.75, 3.05) is 0 Å². The van der Waals surface area contributed by atoms with E-state index in [-0.39, 0.29) is 18.8 Å². The maximum atomic E-state index is 10.9. The summed E-state index contributed by atoms with van der Waals surface area (Å²) < 4.78 is 8.13. The van der Waals surface area contributed by atoms with E-state index in [0.717, 1.165) is 0 Å². The van der Waals surface area contributed by atoms with Gasteiger partial charge in [-0.25, -0.2) is 0 Å². The molecule has 0 fully saturated rings. The molecule has 0 N–H and O–H groups in total. The summed E-state index contributed by atoms with van der Waals surface area (Å²) in [6.07, 6.45) is 3.00. The van der Waals surface area contributed by atoms with Gasteiger partial charge in [0.2, 0.25) is 0 Å². The van der Waals surface area contributed by atoms with Crippen molar-refractivity contribution in [1.29, 1.82) is 10.5 Å². The molecule has 6 nitrogen and oxygen atoms in total. The molecule has 0 rings (SSSR count). The fourth-order valence-electron chi connectivity index (χ4n) is 1.02. The van der Waals surface area contributed by atoms with Crippen molar-refractivity contribution in [3.63, 3.8) is 0 Å². The number of carbonyl (C=O) groups excluding carboxylic acids is 2. The molecule has 80 valence electrons. The standard InChI is InChI=1S/C9H10N2O4/c1-2-7(3-8(12)14-5-10)4-9(13)15-6-11/h7H,2-4H2,1H3. The Balaban J connectivity index is 4.05. The first-order valence-electron chi connectivity index (χ1n) is 4.31. The lowest BCUT2D eigenvalue weighted by Gasteiger charge is -2.09. The van der Waals surface area contributed by atoms with E-state index in [1.54, 1.807) is 6.92 Å². The highest BCUT2D eigenvalue weighted by atomic mass is 16.5. The lowest BCUT2D eigenvalue weighted by Crippen LogP contribution is -2.14. The molecule has 6 heteroatoms. The molecule has 0 aromatic carbocycles. The molecular formula is C9H10N2O4. The number of carbonyl (C=O) groups is 2. The number of nitrogens with zero attached hydrogens (tertiary/aromatic N) is 2. The van der Waals surface area contributed by atoms with Gasteiger partial charge in [0.25, 0.3) is 12.5 Å². The van der Waals surface area contributed by atoms with Crippen LogP contribution in [-0.4, -0.2) is 11.9 Å². The predicted octanol–water partition coefficient (Wildman–Crippen LogP) is 0.841. The van der Waals surface area contributed by atoms with Crippen LogP contribution >= 0.6 is 0 Å². The number of esters is 2. The van der Waals surface area contributed by atoms with Crippen LogP contribution < -0.4 is 0 Å². The van der Waals surface area contributed by atoms with Crippen LogP contribution in [0.15, 0.2) is 0 Å². The van der Waals surface area contributed by atoms with Gasteiger partial charge in [-0.1, -0.05) is 13.3 Å². The topological polar surface area (TPSA) is 100 Å². The van der Waals surface area contributed by atoms with Crippen molar-refractivity contribution in [2.24, 2.45) is 5.92 Å². The predicted molar refractivity (Wildman–Crippen MR) is 46.4 cm³/mol. The van der Waals surface area contributed by atoms with Crippen molar-refractivity contribution in [3.8, 4) is 12.5 Å². The van der Waals surface area contributed by atoms with Crippen LogP contribution in [-0.2, 0) is 19.1 Å². The molecule has 0 amide bonds. The van der Waals surface area contributed by atoms with E-state index < -0.39 is 11.9 Å². The van der Waals surface area contributed by atoms with Crippen LogP contribution in [0.3, 0.4) is 0 Å². The summed E-state index contributed by atoms with van der Waals surface area (Å²) in [5.41, 5.74) is 0. The molecule has 0 saturated heterocycles. The van der Waals surface area contributed by atoms with E-state index in [4.69, 9.17) is 10.5 Å². The van der Waals surface area contributed by atoms with Gasteiger partial charge in [-0.3, -0.25) is 9.59 Å². The van der Waals surface area contributed by atoms with Crippen LogP contribution in [0, 0.1) is 29.0 Å². The normalized spacial score (nSPS) is 8.80.